The van der Waals surface area contributed by atoms with E-state index in [9.17, 15) is 14.0 Å². The summed E-state index contributed by atoms with van der Waals surface area (Å²) >= 11 is 1.99. The Morgan fingerprint density at radius 2 is 1.92 bits per heavy atom. The molecule has 2 rings (SSSR count). The van der Waals surface area contributed by atoms with E-state index >= 15 is 0 Å². The summed E-state index contributed by atoms with van der Waals surface area (Å²) < 4.78 is 31.5. The molecule has 0 radical (unpaired) electrons. The first-order chi connectivity index (χ1) is 11.3. The number of halogens is 2. The van der Waals surface area contributed by atoms with E-state index in [2.05, 4.69) is 20.7 Å². The van der Waals surface area contributed by atoms with Crippen LogP contribution in [0.25, 0.3) is 10.9 Å². The van der Waals surface area contributed by atoms with Gasteiger partial charge in [-0.3, -0.25) is 0 Å². The van der Waals surface area contributed by atoms with E-state index in [4.69, 9.17) is 0 Å². The van der Waals surface area contributed by atoms with Gasteiger partial charge < -0.3 is 14.2 Å². The van der Waals surface area contributed by atoms with Gasteiger partial charge in [-0.15, -0.1) is 4.72 Å². The van der Waals surface area contributed by atoms with E-state index in [0.29, 0.717) is 11.0 Å². The predicted molar refractivity (Wildman–Crippen MR) is 105 cm³/mol. The number of hydrogen-bond donors (Lipinski definition) is 2. The third kappa shape index (κ3) is 4.98. The van der Waals surface area contributed by atoms with E-state index in [1.165, 1.54) is 6.07 Å². The molecule has 140 valence electrons. The molecule has 0 aliphatic heterocycles. The molecular weight excluding hydrogens is 407 g/mol. The van der Waals surface area contributed by atoms with Crippen LogP contribution in [0.4, 0.5) is 4.39 Å². The minimum absolute atomic E-state index is 0.230. The van der Waals surface area contributed by atoms with Crippen molar-refractivity contribution < 1.29 is 14.0 Å². The fraction of sp³-hybridized carbons (Fsp3) is 0.556. The van der Waals surface area contributed by atoms with Gasteiger partial charge >= 0.3 is 0 Å². The zero-order valence-corrected chi connectivity index (χ0v) is 17.9. The summed E-state index contributed by atoms with van der Waals surface area (Å²) in [6.45, 7) is 11.4. The van der Waals surface area contributed by atoms with Crippen molar-refractivity contribution in [2.75, 3.05) is 0 Å². The summed E-state index contributed by atoms with van der Waals surface area (Å²) in [5, 5.41) is 10.9. The number of nitrogens with zero attached hydrogens (tertiary/aromatic N) is 1. The molecule has 0 spiro atoms. The number of aromatic nitrogens is 1. The van der Waals surface area contributed by atoms with Crippen LogP contribution in [0.1, 0.15) is 53.1 Å². The smallest absolute Gasteiger partial charge is 0.138 e. The molecule has 0 bridgehead atoms. The molecule has 1 aromatic heterocycles. The number of benzene rings is 1. The highest BCUT2D eigenvalue weighted by Gasteiger charge is 2.30. The molecule has 0 amide bonds. The maximum atomic E-state index is 14.1. The van der Waals surface area contributed by atoms with Gasteiger partial charge in [0.2, 0.25) is 0 Å². The Labute approximate surface area is 160 Å². The number of nitrogens with one attached hydrogen (secondary N) is 1. The summed E-state index contributed by atoms with van der Waals surface area (Å²) in [5.74, 6) is -0.348. The molecule has 4 nitrogen and oxygen atoms in total. The quantitative estimate of drug-likeness (QED) is 0.686. The maximum absolute atomic E-state index is 14.1. The first kappa shape index (κ1) is 20.7. The molecular formula is C18H26BrFN2O2S. The summed E-state index contributed by atoms with van der Waals surface area (Å²) in [6.07, 6.45) is 1.89. The van der Waals surface area contributed by atoms with Gasteiger partial charge in [0.15, 0.2) is 0 Å². The topological polar surface area (TPSA) is 60.2 Å². The second-order valence-electron chi connectivity index (χ2n) is 8.03. The van der Waals surface area contributed by atoms with Crippen LogP contribution in [0.2, 0.25) is 0 Å². The van der Waals surface area contributed by atoms with Crippen LogP contribution in [0, 0.1) is 5.82 Å². The molecule has 0 saturated heterocycles. The summed E-state index contributed by atoms with van der Waals surface area (Å²) in [7, 11) is 0. The van der Waals surface area contributed by atoms with Crippen molar-refractivity contribution in [2.24, 2.45) is 0 Å². The lowest BCUT2D eigenvalue weighted by Crippen LogP contribution is -2.40. The van der Waals surface area contributed by atoms with Gasteiger partial charge in [-0.05, 0) is 75.2 Å². The van der Waals surface area contributed by atoms with E-state index in [1.807, 2.05) is 38.5 Å². The Kier molecular flexibility index (Phi) is 5.96. The van der Waals surface area contributed by atoms with Crippen molar-refractivity contribution in [2.45, 2.75) is 64.5 Å². The Morgan fingerprint density at radius 1 is 1.32 bits per heavy atom. The highest BCUT2D eigenvalue weighted by atomic mass is 79.9. The van der Waals surface area contributed by atoms with Gasteiger partial charge in [-0.25, -0.2) is 4.39 Å². The molecule has 2 atom stereocenters. The molecule has 2 N–H and O–H groups in total. The zero-order valence-electron chi connectivity index (χ0n) is 15.5. The normalized spacial score (nSPS) is 15.6. The van der Waals surface area contributed by atoms with Gasteiger partial charge in [0, 0.05) is 28.5 Å². The summed E-state index contributed by atoms with van der Waals surface area (Å²) in [6, 6.07) is 2.97. The predicted octanol–water partition coefficient (Wildman–Crippen LogP) is 4.43. The van der Waals surface area contributed by atoms with Gasteiger partial charge in [0.25, 0.3) is 0 Å². The van der Waals surface area contributed by atoms with Gasteiger partial charge in [-0.1, -0.05) is 0 Å². The second-order valence-corrected chi connectivity index (χ2v) is 10.9. The van der Waals surface area contributed by atoms with Crippen LogP contribution in [-0.2, 0) is 17.9 Å². The third-order valence-corrected chi connectivity index (χ3v) is 6.11. The van der Waals surface area contributed by atoms with E-state index in [0.717, 1.165) is 16.5 Å². The lowest BCUT2D eigenvalue weighted by molar-refractivity contribution is 0.0628. The van der Waals surface area contributed by atoms with Crippen molar-refractivity contribution in [3.63, 3.8) is 0 Å². The van der Waals surface area contributed by atoms with Crippen LogP contribution < -0.4 is 4.72 Å². The first-order valence-corrected chi connectivity index (χ1v) is 10.1. The van der Waals surface area contributed by atoms with Crippen molar-refractivity contribution in [1.82, 2.24) is 9.29 Å². The van der Waals surface area contributed by atoms with Crippen LogP contribution in [-0.4, -0.2) is 24.6 Å². The van der Waals surface area contributed by atoms with Gasteiger partial charge in [0.1, 0.15) is 10.6 Å². The average molecular weight is 433 g/mol. The first-order valence-electron chi connectivity index (χ1n) is 8.18. The van der Waals surface area contributed by atoms with E-state index in [-0.39, 0.29) is 11.9 Å². The summed E-state index contributed by atoms with van der Waals surface area (Å²) in [5.41, 5.74) is 0.762. The summed E-state index contributed by atoms with van der Waals surface area (Å²) in [4.78, 5) is 0. The molecule has 0 unspecified atom stereocenters. The average Bonchev–Trinajstić information content (AvgIpc) is 2.74. The van der Waals surface area contributed by atoms with E-state index in [1.54, 1.807) is 19.9 Å². The molecule has 0 aliphatic carbocycles. The molecule has 25 heavy (non-hydrogen) atoms. The number of rotatable bonds is 5. The molecule has 0 fully saturated rings. The fourth-order valence-corrected chi connectivity index (χ4v) is 3.74. The van der Waals surface area contributed by atoms with Crippen molar-refractivity contribution in [3.8, 4) is 0 Å². The molecule has 0 aliphatic rings. The van der Waals surface area contributed by atoms with Gasteiger partial charge in [0.05, 0.1) is 22.7 Å². The van der Waals surface area contributed by atoms with Crippen LogP contribution in [0.15, 0.2) is 22.8 Å². The van der Waals surface area contributed by atoms with Crippen LogP contribution >= 0.6 is 15.9 Å². The van der Waals surface area contributed by atoms with E-state index < -0.39 is 21.7 Å². The number of hydrogen-bond acceptors (Lipinski definition) is 3. The molecule has 0 saturated carbocycles. The van der Waals surface area contributed by atoms with Crippen molar-refractivity contribution in [3.05, 3.63) is 34.2 Å². The lowest BCUT2D eigenvalue weighted by atomic mass is 10.1. The molecule has 2 aromatic rings. The minimum Gasteiger partial charge on any atom is -0.598 e. The molecule has 1 heterocycles. The molecule has 7 heteroatoms. The highest BCUT2D eigenvalue weighted by molar-refractivity contribution is 9.10. The number of aliphatic hydroxyl groups is 1. The molecule has 1 aromatic carbocycles. The third-order valence-electron chi connectivity index (χ3n) is 3.82. The lowest BCUT2D eigenvalue weighted by Gasteiger charge is -2.26. The van der Waals surface area contributed by atoms with Crippen LogP contribution in [0.5, 0.6) is 0 Å². The largest absolute Gasteiger partial charge is 0.598 e. The maximum Gasteiger partial charge on any atom is 0.138 e. The zero-order chi connectivity index (χ0) is 19.2. The second kappa shape index (κ2) is 7.19. The fourth-order valence-electron chi connectivity index (χ4n) is 2.61. The Hall–Kier alpha value is -0.600. The number of fused-ring (bicyclic) bond motifs is 1. The van der Waals surface area contributed by atoms with Crippen LogP contribution in [0.3, 0.4) is 0 Å². The van der Waals surface area contributed by atoms with Crippen molar-refractivity contribution >= 4 is 38.2 Å². The van der Waals surface area contributed by atoms with Crippen molar-refractivity contribution in [1.29, 1.82) is 0 Å². The SMILES string of the molecule is C[C@@H](N[S@@+]([O-])C(C)(C)C)c1cn(CC(C)(C)O)c2cc(Br)c(F)cc12. The standard InChI is InChI=1S/C18H26BrFN2O2S/c1-11(21-25(24)17(2,3)4)13-9-22(10-18(5,6)23)16-8-14(19)15(20)7-12(13)16/h7-9,11,21,23H,10H2,1-6H3/t11-,25+/m1/s1. The van der Waals surface area contributed by atoms with Gasteiger partial charge in [-0.2, -0.15) is 0 Å². The Bertz CT molecular complexity index is 765. The Balaban J connectivity index is 2.50. The minimum atomic E-state index is -1.24. The highest BCUT2D eigenvalue weighted by Crippen LogP contribution is 2.32. The Morgan fingerprint density at radius 3 is 2.44 bits per heavy atom. The monoisotopic (exact) mass is 432 g/mol.